The van der Waals surface area contributed by atoms with Crippen LogP contribution in [0, 0.1) is 6.92 Å². The van der Waals surface area contributed by atoms with Crippen molar-refractivity contribution in [1.82, 2.24) is 5.16 Å². The first-order valence-electron chi connectivity index (χ1n) is 4.59. The first-order chi connectivity index (χ1) is 6.27. The van der Waals surface area contributed by atoms with Crippen LogP contribution in [0.1, 0.15) is 25.8 Å². The first-order valence-corrected chi connectivity index (χ1v) is 4.59. The summed E-state index contributed by atoms with van der Waals surface area (Å²) in [5, 5.41) is 4.73. The van der Waals surface area contributed by atoms with E-state index in [1.165, 1.54) is 12.0 Å². The molecule has 2 rings (SSSR count). The molecule has 0 unspecified atom stereocenters. The smallest absolute Gasteiger partial charge is 0.167 e. The Balaban J connectivity index is 0.000000251. The number of hydrogen-bond acceptors (Lipinski definition) is 2. The van der Waals surface area contributed by atoms with Gasteiger partial charge in [0.05, 0.1) is 6.20 Å². The fourth-order valence-corrected chi connectivity index (χ4v) is 0.967. The van der Waals surface area contributed by atoms with Crippen molar-refractivity contribution < 1.29 is 4.52 Å². The Morgan fingerprint density at radius 3 is 2.69 bits per heavy atom. The third-order valence-corrected chi connectivity index (χ3v) is 1.51. The van der Waals surface area contributed by atoms with E-state index in [4.69, 9.17) is 4.52 Å². The van der Waals surface area contributed by atoms with E-state index in [-0.39, 0.29) is 0 Å². The second kappa shape index (κ2) is 4.65. The maximum absolute atomic E-state index is 4.95. The van der Waals surface area contributed by atoms with Crippen molar-refractivity contribution in [3.05, 3.63) is 30.0 Å². The normalized spacial score (nSPS) is 9.46. The first kappa shape index (κ1) is 9.78. The van der Waals surface area contributed by atoms with Crippen molar-refractivity contribution in [2.24, 2.45) is 0 Å². The van der Waals surface area contributed by atoms with Crippen LogP contribution in [0.2, 0.25) is 0 Å². The number of nitrogens with zero attached hydrogens (tertiary/aromatic N) is 1. The molecule has 2 aromatic rings. The fourth-order valence-electron chi connectivity index (χ4n) is 0.967. The highest BCUT2D eigenvalue weighted by atomic mass is 16.5. The molecule has 2 nitrogen and oxygen atoms in total. The third kappa shape index (κ3) is 2.58. The molecular weight excluding hydrogens is 162 g/mol. The van der Waals surface area contributed by atoms with Gasteiger partial charge < -0.3 is 4.52 Å². The SMILES string of the molecule is CCC.Cc1ccc2cnoc2c1. The monoisotopic (exact) mass is 177 g/mol. The predicted molar refractivity (Wildman–Crippen MR) is 54.7 cm³/mol. The number of aromatic nitrogens is 1. The summed E-state index contributed by atoms with van der Waals surface area (Å²) in [5.41, 5.74) is 2.06. The Kier molecular flexibility index (Phi) is 3.50. The van der Waals surface area contributed by atoms with Crippen LogP contribution < -0.4 is 0 Å². The summed E-state index contributed by atoms with van der Waals surface area (Å²) in [4.78, 5) is 0. The number of hydrogen-bond donors (Lipinski definition) is 0. The van der Waals surface area contributed by atoms with E-state index in [2.05, 4.69) is 19.0 Å². The van der Waals surface area contributed by atoms with E-state index in [9.17, 15) is 0 Å². The molecule has 0 bridgehead atoms. The lowest BCUT2D eigenvalue weighted by Crippen LogP contribution is -1.67. The molecule has 1 aromatic carbocycles. The van der Waals surface area contributed by atoms with Gasteiger partial charge in [-0.3, -0.25) is 0 Å². The molecule has 0 saturated heterocycles. The molecule has 0 radical (unpaired) electrons. The minimum atomic E-state index is 0.861. The molecule has 0 aliphatic carbocycles. The molecule has 2 heteroatoms. The quantitative estimate of drug-likeness (QED) is 0.615. The fraction of sp³-hybridized carbons (Fsp3) is 0.364. The molecule has 70 valence electrons. The van der Waals surface area contributed by atoms with Crippen LogP contribution in [0.3, 0.4) is 0 Å². The van der Waals surface area contributed by atoms with Gasteiger partial charge in [-0.1, -0.05) is 31.5 Å². The van der Waals surface area contributed by atoms with Crippen molar-refractivity contribution in [2.45, 2.75) is 27.2 Å². The molecule has 0 amide bonds. The molecule has 0 N–H and O–H groups in total. The Bertz CT molecular complexity index is 365. The van der Waals surface area contributed by atoms with E-state index in [1.54, 1.807) is 6.20 Å². The Labute approximate surface area is 78.5 Å². The van der Waals surface area contributed by atoms with Gasteiger partial charge in [-0.2, -0.15) is 0 Å². The highest BCUT2D eigenvalue weighted by Gasteiger charge is 1.95. The standard InChI is InChI=1S/C8H7NO.C3H8/c1-6-2-3-7-5-9-10-8(7)4-6;1-3-2/h2-5H,1H3;3H2,1-2H3. The van der Waals surface area contributed by atoms with Crippen LogP contribution in [-0.2, 0) is 0 Å². The summed E-state index contributed by atoms with van der Waals surface area (Å²) in [6, 6.07) is 6.02. The average Bonchev–Trinajstić information content (AvgIpc) is 2.52. The minimum Gasteiger partial charge on any atom is -0.356 e. The van der Waals surface area contributed by atoms with Gasteiger partial charge in [-0.05, 0) is 24.6 Å². The van der Waals surface area contributed by atoms with Gasteiger partial charge in [0, 0.05) is 5.39 Å². The average molecular weight is 177 g/mol. The van der Waals surface area contributed by atoms with Crippen molar-refractivity contribution in [3.8, 4) is 0 Å². The van der Waals surface area contributed by atoms with Crippen LogP contribution in [0.15, 0.2) is 28.9 Å². The summed E-state index contributed by atoms with van der Waals surface area (Å²) in [6.45, 7) is 6.28. The van der Waals surface area contributed by atoms with E-state index in [1.807, 2.05) is 25.1 Å². The highest BCUT2D eigenvalue weighted by molar-refractivity contribution is 5.76. The molecule has 0 saturated carbocycles. The van der Waals surface area contributed by atoms with E-state index >= 15 is 0 Å². The summed E-state index contributed by atoms with van der Waals surface area (Å²) in [6.07, 6.45) is 2.97. The number of fused-ring (bicyclic) bond motifs is 1. The molecule has 0 atom stereocenters. The third-order valence-electron chi connectivity index (χ3n) is 1.51. The molecule has 0 spiro atoms. The van der Waals surface area contributed by atoms with Gasteiger partial charge in [-0.25, -0.2) is 0 Å². The van der Waals surface area contributed by atoms with E-state index in [0.29, 0.717) is 0 Å². The van der Waals surface area contributed by atoms with E-state index in [0.717, 1.165) is 11.0 Å². The summed E-state index contributed by atoms with van der Waals surface area (Å²) in [7, 11) is 0. The Morgan fingerprint density at radius 2 is 2.00 bits per heavy atom. The Morgan fingerprint density at radius 1 is 1.31 bits per heavy atom. The zero-order chi connectivity index (χ0) is 9.68. The topological polar surface area (TPSA) is 26.0 Å². The van der Waals surface area contributed by atoms with Crippen LogP contribution in [0.4, 0.5) is 0 Å². The van der Waals surface area contributed by atoms with Crippen LogP contribution >= 0.6 is 0 Å². The number of rotatable bonds is 0. The maximum Gasteiger partial charge on any atom is 0.167 e. The van der Waals surface area contributed by atoms with Gasteiger partial charge in [0.2, 0.25) is 0 Å². The van der Waals surface area contributed by atoms with Crippen molar-refractivity contribution in [1.29, 1.82) is 0 Å². The minimum absolute atomic E-state index is 0.861. The largest absolute Gasteiger partial charge is 0.356 e. The zero-order valence-corrected chi connectivity index (χ0v) is 8.37. The molecule has 13 heavy (non-hydrogen) atoms. The highest BCUT2D eigenvalue weighted by Crippen LogP contribution is 2.13. The van der Waals surface area contributed by atoms with Crippen molar-refractivity contribution in [3.63, 3.8) is 0 Å². The predicted octanol–water partition coefficient (Wildman–Crippen LogP) is 3.55. The molecular formula is C11H15NO. The van der Waals surface area contributed by atoms with Gasteiger partial charge >= 0.3 is 0 Å². The van der Waals surface area contributed by atoms with Gasteiger partial charge in [-0.15, -0.1) is 0 Å². The number of aryl methyl sites for hydroxylation is 1. The second-order valence-corrected chi connectivity index (χ2v) is 3.07. The molecule has 0 aliphatic heterocycles. The zero-order valence-electron chi connectivity index (χ0n) is 8.37. The van der Waals surface area contributed by atoms with Gasteiger partial charge in [0.15, 0.2) is 5.58 Å². The van der Waals surface area contributed by atoms with Crippen molar-refractivity contribution >= 4 is 11.0 Å². The molecule has 1 aromatic heterocycles. The second-order valence-electron chi connectivity index (χ2n) is 3.07. The van der Waals surface area contributed by atoms with Gasteiger partial charge in [0.25, 0.3) is 0 Å². The van der Waals surface area contributed by atoms with Crippen LogP contribution in [0.5, 0.6) is 0 Å². The lowest BCUT2D eigenvalue weighted by Gasteiger charge is -1.87. The molecule has 0 fully saturated rings. The van der Waals surface area contributed by atoms with E-state index < -0.39 is 0 Å². The lowest BCUT2D eigenvalue weighted by molar-refractivity contribution is 0.456. The molecule has 1 heterocycles. The Hall–Kier alpha value is -1.31. The molecule has 0 aliphatic rings. The van der Waals surface area contributed by atoms with Crippen LogP contribution in [-0.4, -0.2) is 5.16 Å². The van der Waals surface area contributed by atoms with Crippen molar-refractivity contribution in [2.75, 3.05) is 0 Å². The summed E-state index contributed by atoms with van der Waals surface area (Å²) < 4.78 is 4.95. The summed E-state index contributed by atoms with van der Waals surface area (Å²) >= 11 is 0. The number of benzene rings is 1. The maximum atomic E-state index is 4.95. The summed E-state index contributed by atoms with van der Waals surface area (Å²) in [5.74, 6) is 0. The van der Waals surface area contributed by atoms with Gasteiger partial charge in [0.1, 0.15) is 0 Å². The lowest BCUT2D eigenvalue weighted by atomic mass is 10.2. The van der Waals surface area contributed by atoms with Crippen LogP contribution in [0.25, 0.3) is 11.0 Å².